The van der Waals surface area contributed by atoms with Gasteiger partial charge in [0.05, 0.1) is 23.2 Å². The van der Waals surface area contributed by atoms with E-state index in [-0.39, 0.29) is 29.1 Å². The van der Waals surface area contributed by atoms with Gasteiger partial charge in [-0.1, -0.05) is 0 Å². The number of nitrogens with zero attached hydrogens (tertiary/aromatic N) is 2. The second-order valence-electron chi connectivity index (χ2n) is 6.94. The quantitative estimate of drug-likeness (QED) is 0.430. The molecule has 0 saturated carbocycles. The molecule has 152 valence electrons. The number of hydrogen-bond donors (Lipinski definition) is 0. The zero-order valence-corrected chi connectivity index (χ0v) is 16.3. The van der Waals surface area contributed by atoms with E-state index in [1.807, 2.05) is 13.8 Å². The van der Waals surface area contributed by atoms with Crippen molar-refractivity contribution in [2.45, 2.75) is 58.2 Å². The molecule has 1 amide bonds. The van der Waals surface area contributed by atoms with Crippen molar-refractivity contribution >= 4 is 23.5 Å². The summed E-state index contributed by atoms with van der Waals surface area (Å²) in [5, 5.41) is 11.1. The summed E-state index contributed by atoms with van der Waals surface area (Å²) in [4.78, 5) is 49.0. The average molecular weight is 392 g/mol. The van der Waals surface area contributed by atoms with Crippen molar-refractivity contribution in [3.05, 3.63) is 39.4 Å². The van der Waals surface area contributed by atoms with Gasteiger partial charge in [0, 0.05) is 24.2 Å². The summed E-state index contributed by atoms with van der Waals surface area (Å²) in [5.41, 5.74) is -0.804. The molecule has 9 heteroatoms. The van der Waals surface area contributed by atoms with E-state index in [9.17, 15) is 24.5 Å². The van der Waals surface area contributed by atoms with Gasteiger partial charge in [-0.05, 0) is 46.1 Å². The lowest BCUT2D eigenvalue weighted by molar-refractivity contribution is -0.384. The number of esters is 2. The molecule has 1 aliphatic rings. The Morgan fingerprint density at radius 1 is 1.11 bits per heavy atom. The number of piperidine rings is 1. The minimum atomic E-state index is -1.06. The summed E-state index contributed by atoms with van der Waals surface area (Å²) in [7, 11) is 1.13. The first kappa shape index (κ1) is 21.3. The van der Waals surface area contributed by atoms with Gasteiger partial charge >= 0.3 is 11.9 Å². The Kier molecular flexibility index (Phi) is 6.71. The zero-order chi connectivity index (χ0) is 21.0. The first-order chi connectivity index (χ1) is 13.1. The average Bonchev–Trinajstić information content (AvgIpc) is 2.66. The van der Waals surface area contributed by atoms with E-state index in [0.29, 0.717) is 0 Å². The van der Waals surface area contributed by atoms with Crippen molar-refractivity contribution in [3.8, 4) is 0 Å². The van der Waals surface area contributed by atoms with Gasteiger partial charge < -0.3 is 14.4 Å². The summed E-state index contributed by atoms with van der Waals surface area (Å²) < 4.78 is 9.80. The zero-order valence-electron chi connectivity index (χ0n) is 16.3. The van der Waals surface area contributed by atoms with Crippen molar-refractivity contribution in [2.24, 2.45) is 0 Å². The van der Waals surface area contributed by atoms with Crippen LogP contribution in [-0.4, -0.2) is 53.0 Å². The molecule has 9 nitrogen and oxygen atoms in total. The molecule has 1 aromatic rings. The molecule has 1 aliphatic heterocycles. The van der Waals surface area contributed by atoms with Crippen molar-refractivity contribution in [1.29, 1.82) is 0 Å². The number of carbonyl (C=O) groups is 3. The number of carbonyl (C=O) groups excluding carboxylic acids is 3. The summed E-state index contributed by atoms with van der Waals surface area (Å²) in [5.74, 6) is -2.06. The van der Waals surface area contributed by atoms with Crippen LogP contribution in [0.4, 0.5) is 5.69 Å². The van der Waals surface area contributed by atoms with Crippen LogP contribution in [0.25, 0.3) is 0 Å². The molecular formula is C19H24N2O7. The Balaban J connectivity index is 2.21. The van der Waals surface area contributed by atoms with Gasteiger partial charge in [0.15, 0.2) is 6.10 Å². The summed E-state index contributed by atoms with van der Waals surface area (Å²) in [6.07, 6.45) is 1.73. The van der Waals surface area contributed by atoms with Crippen LogP contribution >= 0.6 is 0 Å². The topological polar surface area (TPSA) is 116 Å². The number of amides is 1. The van der Waals surface area contributed by atoms with Gasteiger partial charge in [-0.25, -0.2) is 9.59 Å². The van der Waals surface area contributed by atoms with Crippen LogP contribution in [0.3, 0.4) is 0 Å². The second-order valence-corrected chi connectivity index (χ2v) is 6.94. The number of benzene rings is 1. The van der Waals surface area contributed by atoms with Crippen molar-refractivity contribution in [3.63, 3.8) is 0 Å². The Hall–Kier alpha value is -2.97. The van der Waals surface area contributed by atoms with Crippen LogP contribution in [0.15, 0.2) is 18.2 Å². The molecule has 0 aliphatic carbocycles. The predicted octanol–water partition coefficient (Wildman–Crippen LogP) is 2.72. The minimum Gasteiger partial charge on any atom is -0.465 e. The van der Waals surface area contributed by atoms with Gasteiger partial charge in [-0.2, -0.15) is 0 Å². The molecule has 28 heavy (non-hydrogen) atoms. The number of methoxy groups -OCH3 is 1. The molecule has 2 rings (SSSR count). The molecule has 0 unspecified atom stereocenters. The van der Waals surface area contributed by atoms with Crippen LogP contribution in [0, 0.1) is 10.1 Å². The fourth-order valence-corrected chi connectivity index (χ4v) is 3.41. The van der Waals surface area contributed by atoms with E-state index >= 15 is 0 Å². The standard InChI is InChI=1S/C19H24N2O7/c1-11-6-5-7-12(2)20(11)17(22)13(3)28-19(24)15-8-14(18(23)27-4)9-16(10-15)21(25)26/h8-13H,5-7H2,1-4H3/t11-,12-,13+/m0/s1. The fraction of sp³-hybridized carbons (Fsp3) is 0.526. The lowest BCUT2D eigenvalue weighted by Crippen LogP contribution is -2.51. The van der Waals surface area contributed by atoms with Crippen LogP contribution < -0.4 is 0 Å². The van der Waals surface area contributed by atoms with Gasteiger partial charge in [-0.3, -0.25) is 14.9 Å². The van der Waals surface area contributed by atoms with Crippen molar-refractivity contribution in [1.82, 2.24) is 4.90 Å². The highest BCUT2D eigenvalue weighted by Gasteiger charge is 2.33. The molecule has 0 bridgehead atoms. The Labute approximate surface area is 162 Å². The number of likely N-dealkylation sites (tertiary alicyclic amines) is 1. The largest absolute Gasteiger partial charge is 0.465 e. The number of ether oxygens (including phenoxy) is 2. The number of nitro groups is 1. The lowest BCUT2D eigenvalue weighted by atomic mass is 9.97. The minimum absolute atomic E-state index is 0.0427. The SMILES string of the molecule is COC(=O)c1cc(C(=O)O[C@H](C)C(=O)N2[C@@H](C)CCC[C@@H]2C)cc([N+](=O)[O-])c1. The van der Waals surface area contributed by atoms with E-state index in [4.69, 9.17) is 4.74 Å². The van der Waals surface area contributed by atoms with E-state index < -0.39 is 28.7 Å². The Bertz CT molecular complexity index is 782. The van der Waals surface area contributed by atoms with Crippen LogP contribution in [0.2, 0.25) is 0 Å². The van der Waals surface area contributed by atoms with Gasteiger partial charge in [-0.15, -0.1) is 0 Å². The van der Waals surface area contributed by atoms with Gasteiger partial charge in [0.2, 0.25) is 0 Å². The number of hydrogen-bond acceptors (Lipinski definition) is 7. The summed E-state index contributed by atoms with van der Waals surface area (Å²) in [6.45, 7) is 5.36. The fourth-order valence-electron chi connectivity index (χ4n) is 3.41. The van der Waals surface area contributed by atoms with E-state index in [2.05, 4.69) is 4.74 Å². The maximum Gasteiger partial charge on any atom is 0.339 e. The number of nitro benzene ring substituents is 1. The normalized spacial score (nSPS) is 20.2. The molecule has 1 fully saturated rings. The van der Waals surface area contributed by atoms with Crippen molar-refractivity contribution < 1.29 is 28.8 Å². The molecule has 1 aromatic carbocycles. The monoisotopic (exact) mass is 392 g/mol. The lowest BCUT2D eigenvalue weighted by Gasteiger charge is -2.40. The second kappa shape index (κ2) is 8.81. The summed E-state index contributed by atoms with van der Waals surface area (Å²) in [6, 6.07) is 3.24. The highest BCUT2D eigenvalue weighted by molar-refractivity contribution is 5.97. The maximum absolute atomic E-state index is 12.7. The third-order valence-corrected chi connectivity index (χ3v) is 4.86. The van der Waals surface area contributed by atoms with E-state index in [1.54, 1.807) is 4.90 Å². The summed E-state index contributed by atoms with van der Waals surface area (Å²) >= 11 is 0. The van der Waals surface area contributed by atoms with Crippen LogP contribution in [0.5, 0.6) is 0 Å². The molecule has 0 spiro atoms. The predicted molar refractivity (Wildman–Crippen MR) is 98.9 cm³/mol. The molecule has 0 aromatic heterocycles. The molecule has 1 saturated heterocycles. The maximum atomic E-state index is 12.7. The van der Waals surface area contributed by atoms with Crippen LogP contribution in [0.1, 0.15) is 60.7 Å². The highest BCUT2D eigenvalue weighted by Crippen LogP contribution is 2.24. The third-order valence-electron chi connectivity index (χ3n) is 4.86. The highest BCUT2D eigenvalue weighted by atomic mass is 16.6. The smallest absolute Gasteiger partial charge is 0.339 e. The Morgan fingerprint density at radius 2 is 1.64 bits per heavy atom. The third kappa shape index (κ3) is 4.65. The number of rotatable bonds is 5. The van der Waals surface area contributed by atoms with E-state index in [1.165, 1.54) is 6.92 Å². The molecule has 1 heterocycles. The van der Waals surface area contributed by atoms with E-state index in [0.717, 1.165) is 44.6 Å². The first-order valence-electron chi connectivity index (χ1n) is 9.06. The van der Waals surface area contributed by atoms with Gasteiger partial charge in [0.1, 0.15) is 0 Å². The van der Waals surface area contributed by atoms with Crippen LogP contribution in [-0.2, 0) is 14.3 Å². The number of non-ortho nitro benzene ring substituents is 1. The molecule has 0 radical (unpaired) electrons. The molecule has 3 atom stereocenters. The van der Waals surface area contributed by atoms with Crippen molar-refractivity contribution in [2.75, 3.05) is 7.11 Å². The Morgan fingerprint density at radius 3 is 2.14 bits per heavy atom. The van der Waals surface area contributed by atoms with Gasteiger partial charge in [0.25, 0.3) is 11.6 Å². The first-order valence-corrected chi connectivity index (χ1v) is 9.06. The molecule has 0 N–H and O–H groups in total. The molecular weight excluding hydrogens is 368 g/mol.